The van der Waals surface area contributed by atoms with Crippen LogP contribution in [0.3, 0.4) is 0 Å². The summed E-state index contributed by atoms with van der Waals surface area (Å²) in [5.74, 6) is -0.0300. The van der Waals surface area contributed by atoms with Crippen LogP contribution in [0.5, 0.6) is 0 Å². The molecule has 1 aromatic carbocycles. The van der Waals surface area contributed by atoms with Gasteiger partial charge in [0.05, 0.1) is 0 Å². The molecule has 2 rings (SSSR count). The molecule has 0 aliphatic carbocycles. The lowest BCUT2D eigenvalue weighted by Gasteiger charge is -2.21. The van der Waals surface area contributed by atoms with Crippen molar-refractivity contribution in [2.75, 3.05) is 19.8 Å². The van der Waals surface area contributed by atoms with E-state index in [-0.39, 0.29) is 28.6 Å². The van der Waals surface area contributed by atoms with Crippen molar-refractivity contribution >= 4 is 5.82 Å². The molecule has 116 valence electrons. The van der Waals surface area contributed by atoms with Crippen molar-refractivity contribution in [3.05, 3.63) is 51.3 Å². The van der Waals surface area contributed by atoms with Crippen molar-refractivity contribution in [2.24, 2.45) is 0 Å². The minimum Gasteiger partial charge on any atom is -0.384 e. The number of nitrogens with zero attached hydrogens (tertiary/aromatic N) is 3. The van der Waals surface area contributed by atoms with E-state index in [0.29, 0.717) is 5.56 Å². The van der Waals surface area contributed by atoms with E-state index in [0.717, 1.165) is 5.56 Å². The number of rotatable bonds is 3. The maximum atomic E-state index is 12.0. The van der Waals surface area contributed by atoms with Crippen molar-refractivity contribution in [3.8, 4) is 23.3 Å². The fraction of sp³-hybridized carbons (Fsp3) is 0.235. The molecule has 6 nitrogen and oxygen atoms in total. The van der Waals surface area contributed by atoms with Crippen LogP contribution in [0.15, 0.2) is 29.1 Å². The molecule has 0 saturated heterocycles. The third-order valence-electron chi connectivity index (χ3n) is 3.90. The summed E-state index contributed by atoms with van der Waals surface area (Å²) < 4.78 is 0. The molecule has 6 heteroatoms. The molecule has 0 radical (unpaired) electrons. The summed E-state index contributed by atoms with van der Waals surface area (Å²) >= 11 is 0. The number of hydrogen-bond acceptors (Lipinski definition) is 5. The predicted octanol–water partition coefficient (Wildman–Crippen LogP) is 1.99. The highest BCUT2D eigenvalue weighted by Gasteiger charge is 2.19. The van der Waals surface area contributed by atoms with Crippen molar-refractivity contribution in [3.63, 3.8) is 0 Å². The molecular weight excluding hydrogens is 290 g/mol. The summed E-state index contributed by atoms with van der Waals surface area (Å²) in [5, 5.41) is 18.7. The Morgan fingerprint density at radius 2 is 1.87 bits per heavy atom. The first-order valence-corrected chi connectivity index (χ1v) is 7.03. The van der Waals surface area contributed by atoms with Crippen LogP contribution in [0, 0.1) is 22.7 Å². The number of nitrogens with one attached hydrogen (secondary N) is 1. The van der Waals surface area contributed by atoms with Gasteiger partial charge in [-0.25, -0.2) is 0 Å². The van der Waals surface area contributed by atoms with E-state index in [9.17, 15) is 15.3 Å². The van der Waals surface area contributed by atoms with Gasteiger partial charge in [0.25, 0.3) is 5.56 Å². The highest BCUT2D eigenvalue weighted by atomic mass is 16.1. The second kappa shape index (κ2) is 6.35. The van der Waals surface area contributed by atoms with E-state index < -0.39 is 5.56 Å². The van der Waals surface area contributed by atoms with Gasteiger partial charge in [-0.3, -0.25) is 4.79 Å². The maximum Gasteiger partial charge on any atom is 0.268 e. The SMILES string of the molecule is CC(c1cccc(-c2c(C#N)c(N)[nH]c(=O)c2C#N)c1)N(C)C. The Bertz CT molecular complexity index is 883. The van der Waals surface area contributed by atoms with Crippen molar-refractivity contribution in [1.82, 2.24) is 9.88 Å². The zero-order valence-corrected chi connectivity index (χ0v) is 13.2. The zero-order valence-electron chi connectivity index (χ0n) is 13.2. The lowest BCUT2D eigenvalue weighted by molar-refractivity contribution is 0.321. The molecule has 1 atom stereocenters. The van der Waals surface area contributed by atoms with Crippen LogP contribution in [0.2, 0.25) is 0 Å². The van der Waals surface area contributed by atoms with Crippen LogP contribution in [0.25, 0.3) is 11.1 Å². The Labute approximate surface area is 134 Å². The van der Waals surface area contributed by atoms with Gasteiger partial charge in [0.15, 0.2) is 0 Å². The number of anilines is 1. The lowest BCUT2D eigenvalue weighted by Crippen LogP contribution is -2.17. The molecule has 1 unspecified atom stereocenters. The van der Waals surface area contributed by atoms with Crippen LogP contribution in [-0.2, 0) is 0 Å². The number of aromatic nitrogens is 1. The highest BCUT2D eigenvalue weighted by molar-refractivity contribution is 5.80. The van der Waals surface area contributed by atoms with Crippen LogP contribution in [0.4, 0.5) is 5.82 Å². The largest absolute Gasteiger partial charge is 0.384 e. The minimum absolute atomic E-state index is 0.0300. The Hall–Kier alpha value is -3.09. The van der Waals surface area contributed by atoms with E-state index in [1.54, 1.807) is 6.07 Å². The van der Waals surface area contributed by atoms with Crippen LogP contribution < -0.4 is 11.3 Å². The topological polar surface area (TPSA) is 110 Å². The summed E-state index contributed by atoms with van der Waals surface area (Å²) in [6.07, 6.45) is 0. The first-order chi connectivity index (χ1) is 10.9. The van der Waals surface area contributed by atoms with Crippen molar-refractivity contribution < 1.29 is 0 Å². The normalized spacial score (nSPS) is 11.7. The van der Waals surface area contributed by atoms with Crippen molar-refractivity contribution in [1.29, 1.82) is 10.5 Å². The van der Waals surface area contributed by atoms with E-state index in [1.165, 1.54) is 0 Å². The van der Waals surface area contributed by atoms with Crippen LogP contribution in [0.1, 0.15) is 29.7 Å². The average Bonchev–Trinajstić information content (AvgIpc) is 2.53. The fourth-order valence-corrected chi connectivity index (χ4v) is 2.38. The molecular formula is C17H17N5O. The molecule has 3 N–H and O–H groups in total. The Morgan fingerprint density at radius 1 is 1.22 bits per heavy atom. The predicted molar refractivity (Wildman–Crippen MR) is 88.4 cm³/mol. The molecule has 0 amide bonds. The van der Waals surface area contributed by atoms with Crippen molar-refractivity contribution in [2.45, 2.75) is 13.0 Å². The van der Waals surface area contributed by atoms with Gasteiger partial charge in [-0.15, -0.1) is 0 Å². The number of nitriles is 2. The molecule has 2 aromatic rings. The molecule has 0 aliphatic rings. The highest BCUT2D eigenvalue weighted by Crippen LogP contribution is 2.30. The third-order valence-corrected chi connectivity index (χ3v) is 3.90. The standard InChI is InChI=1S/C17H17N5O/c1-10(22(2)3)11-5-4-6-12(7-11)15-13(8-18)16(20)21-17(23)14(15)9-19/h4-7,10H,1-3H3,(H3,20,21,23). The molecule has 1 aromatic heterocycles. The summed E-state index contributed by atoms with van der Waals surface area (Å²) in [4.78, 5) is 16.4. The molecule has 0 fully saturated rings. The molecule has 0 aliphatic heterocycles. The van der Waals surface area contributed by atoms with Crippen LogP contribution >= 0.6 is 0 Å². The number of pyridine rings is 1. The fourth-order valence-electron chi connectivity index (χ4n) is 2.38. The van der Waals surface area contributed by atoms with E-state index in [2.05, 4.69) is 4.98 Å². The quantitative estimate of drug-likeness (QED) is 0.901. The number of nitrogens with two attached hydrogens (primary N) is 1. The number of aromatic amines is 1. The smallest absolute Gasteiger partial charge is 0.268 e. The second-order valence-corrected chi connectivity index (χ2v) is 5.48. The Kier molecular flexibility index (Phi) is 4.49. The average molecular weight is 307 g/mol. The monoisotopic (exact) mass is 307 g/mol. The third kappa shape index (κ3) is 2.94. The molecule has 0 saturated carbocycles. The molecule has 0 spiro atoms. The second-order valence-electron chi connectivity index (χ2n) is 5.48. The van der Waals surface area contributed by atoms with Gasteiger partial charge in [-0.2, -0.15) is 10.5 Å². The number of nitrogen functional groups attached to an aromatic ring is 1. The van der Waals surface area contributed by atoms with Gasteiger partial charge < -0.3 is 15.6 Å². The number of H-pyrrole nitrogens is 1. The van der Waals surface area contributed by atoms with Crippen LogP contribution in [-0.4, -0.2) is 24.0 Å². The molecule has 0 bridgehead atoms. The lowest BCUT2D eigenvalue weighted by atomic mass is 9.94. The number of hydrogen-bond donors (Lipinski definition) is 2. The Morgan fingerprint density at radius 3 is 2.43 bits per heavy atom. The Balaban J connectivity index is 2.78. The summed E-state index contributed by atoms with van der Waals surface area (Å²) in [6.45, 7) is 2.04. The minimum atomic E-state index is -0.593. The van der Waals surface area contributed by atoms with E-state index in [4.69, 9.17) is 5.73 Å². The van der Waals surface area contributed by atoms with Gasteiger partial charge in [0.2, 0.25) is 0 Å². The van der Waals surface area contributed by atoms with Gasteiger partial charge in [-0.1, -0.05) is 18.2 Å². The first-order valence-electron chi connectivity index (χ1n) is 7.03. The number of benzene rings is 1. The molecule has 23 heavy (non-hydrogen) atoms. The van der Waals surface area contributed by atoms with E-state index in [1.807, 2.05) is 56.3 Å². The summed E-state index contributed by atoms with van der Waals surface area (Å²) in [6, 6.07) is 11.4. The van der Waals surface area contributed by atoms with Gasteiger partial charge >= 0.3 is 0 Å². The van der Waals surface area contributed by atoms with E-state index >= 15 is 0 Å². The summed E-state index contributed by atoms with van der Waals surface area (Å²) in [7, 11) is 3.92. The van der Waals surface area contributed by atoms with Gasteiger partial charge in [0, 0.05) is 11.6 Å². The van der Waals surface area contributed by atoms with Gasteiger partial charge in [0.1, 0.15) is 29.1 Å². The molecule has 1 heterocycles. The first kappa shape index (κ1) is 16.3. The van der Waals surface area contributed by atoms with Gasteiger partial charge in [-0.05, 0) is 38.2 Å². The summed E-state index contributed by atoms with van der Waals surface area (Å²) in [5.41, 5.74) is 7.07. The maximum absolute atomic E-state index is 12.0. The zero-order chi connectivity index (χ0) is 17.1.